The van der Waals surface area contributed by atoms with E-state index in [2.05, 4.69) is 5.32 Å². The molecular weight excluding hydrogens is 436 g/mol. The minimum atomic E-state index is -0.862. The maximum atomic E-state index is 13.6. The summed E-state index contributed by atoms with van der Waals surface area (Å²) in [4.78, 5) is 12.6. The number of carbonyl (C=O) groups excluding carboxylic acids is 1. The number of rotatable bonds is 4. The van der Waals surface area contributed by atoms with E-state index in [4.69, 9.17) is 11.6 Å². The average molecular weight is 454 g/mol. The molecule has 2 aliphatic rings. The van der Waals surface area contributed by atoms with Gasteiger partial charge in [-0.25, -0.2) is 8.78 Å². The number of halogens is 3. The van der Waals surface area contributed by atoms with Crippen LogP contribution < -0.4 is 5.32 Å². The molecule has 1 fully saturated rings. The van der Waals surface area contributed by atoms with Crippen LogP contribution >= 0.6 is 11.6 Å². The first-order valence-corrected chi connectivity index (χ1v) is 10.5. The summed E-state index contributed by atoms with van der Waals surface area (Å²) in [6.07, 6.45) is 1.90. The lowest BCUT2D eigenvalue weighted by molar-refractivity contribution is -0.110. The fourth-order valence-electron chi connectivity index (χ4n) is 4.17. The van der Waals surface area contributed by atoms with Gasteiger partial charge in [0.1, 0.15) is 17.4 Å². The molecule has 3 N–H and O–H groups in total. The van der Waals surface area contributed by atoms with Crippen LogP contribution in [0.4, 0.5) is 14.5 Å². The van der Waals surface area contributed by atoms with Gasteiger partial charge < -0.3 is 15.5 Å². The molecule has 1 saturated carbocycles. The van der Waals surface area contributed by atoms with Gasteiger partial charge in [-0.15, -0.1) is 0 Å². The number of carbonyl (C=O) groups is 1. The Morgan fingerprint density at radius 3 is 2.25 bits per heavy atom. The molecule has 0 radical (unpaired) electrons. The molecule has 1 amide bonds. The van der Waals surface area contributed by atoms with Gasteiger partial charge in [0.25, 0.3) is 5.91 Å². The number of aliphatic hydroxyl groups is 2. The lowest BCUT2D eigenvalue weighted by Crippen LogP contribution is -2.11. The van der Waals surface area contributed by atoms with E-state index < -0.39 is 23.3 Å². The van der Waals surface area contributed by atoms with E-state index in [1.807, 2.05) is 24.3 Å². The molecule has 0 saturated heterocycles. The van der Waals surface area contributed by atoms with Gasteiger partial charge in [-0.05, 0) is 48.2 Å². The lowest BCUT2D eigenvalue weighted by atomic mass is 9.93. The van der Waals surface area contributed by atoms with Crippen LogP contribution in [0, 0.1) is 11.6 Å². The third kappa shape index (κ3) is 3.36. The fraction of sp³-hybridized carbons (Fsp3) is 0.160. The molecule has 1 aliphatic carbocycles. The van der Waals surface area contributed by atoms with Gasteiger partial charge in [-0.2, -0.15) is 0 Å². The summed E-state index contributed by atoms with van der Waals surface area (Å²) in [7, 11) is 0. The van der Waals surface area contributed by atoms with Crippen LogP contribution in [-0.4, -0.2) is 22.7 Å². The molecular formula is C25H18ClF2NO3. The minimum absolute atomic E-state index is 0.0863. The summed E-state index contributed by atoms with van der Waals surface area (Å²) < 4.78 is 27.3. The van der Waals surface area contributed by atoms with Crippen LogP contribution in [0.2, 0.25) is 5.02 Å². The molecule has 0 aromatic heterocycles. The van der Waals surface area contributed by atoms with Crippen LogP contribution in [0.5, 0.6) is 0 Å². The zero-order valence-corrected chi connectivity index (χ0v) is 17.5. The maximum absolute atomic E-state index is 13.6. The van der Waals surface area contributed by atoms with Crippen LogP contribution in [0.25, 0.3) is 22.5 Å². The number of hydrogen-bond donors (Lipinski definition) is 3. The molecule has 4 nitrogen and oxygen atoms in total. The highest BCUT2D eigenvalue weighted by Gasteiger charge is 2.43. The first-order chi connectivity index (χ1) is 15.3. The van der Waals surface area contributed by atoms with Gasteiger partial charge >= 0.3 is 0 Å². The normalized spacial score (nSPS) is 17.7. The average Bonchev–Trinajstić information content (AvgIpc) is 3.49. The lowest BCUT2D eigenvalue weighted by Gasteiger charge is -2.14. The van der Waals surface area contributed by atoms with Crippen LogP contribution in [0.1, 0.15) is 29.5 Å². The Kier molecular flexibility index (Phi) is 4.80. The second kappa shape index (κ2) is 7.43. The molecule has 0 unspecified atom stereocenters. The predicted octanol–water partition coefficient (Wildman–Crippen LogP) is 5.69. The Hall–Kier alpha value is -3.22. The number of benzene rings is 3. The van der Waals surface area contributed by atoms with Crippen molar-refractivity contribution in [2.24, 2.45) is 0 Å². The smallest absolute Gasteiger partial charge is 0.260 e. The van der Waals surface area contributed by atoms with Gasteiger partial charge in [-0.3, -0.25) is 4.79 Å². The van der Waals surface area contributed by atoms with Gasteiger partial charge in [0.15, 0.2) is 0 Å². The molecule has 3 aromatic rings. The molecule has 1 heterocycles. The fourth-order valence-corrected chi connectivity index (χ4v) is 4.45. The Balaban J connectivity index is 1.60. The van der Waals surface area contributed by atoms with Crippen molar-refractivity contribution in [3.05, 3.63) is 87.9 Å². The minimum Gasteiger partial charge on any atom is -0.506 e. The maximum Gasteiger partial charge on any atom is 0.260 e. The van der Waals surface area contributed by atoms with Crippen molar-refractivity contribution in [1.82, 2.24) is 0 Å². The third-order valence-electron chi connectivity index (χ3n) is 6.19. The van der Waals surface area contributed by atoms with E-state index in [0.717, 1.165) is 36.1 Å². The van der Waals surface area contributed by atoms with Crippen molar-refractivity contribution < 1.29 is 23.8 Å². The van der Waals surface area contributed by atoms with Crippen molar-refractivity contribution in [3.8, 4) is 11.1 Å². The first-order valence-electron chi connectivity index (χ1n) is 10.1. The highest BCUT2D eigenvalue weighted by atomic mass is 35.5. The Morgan fingerprint density at radius 2 is 1.66 bits per heavy atom. The number of anilines is 1. The summed E-state index contributed by atoms with van der Waals surface area (Å²) in [5, 5.41) is 23.4. The summed E-state index contributed by atoms with van der Waals surface area (Å²) in [5.41, 5.74) is 2.90. The Bertz CT molecular complexity index is 1280. The quantitative estimate of drug-likeness (QED) is 0.351. The van der Waals surface area contributed by atoms with Crippen LogP contribution in [-0.2, 0) is 10.2 Å². The van der Waals surface area contributed by atoms with E-state index in [9.17, 15) is 23.8 Å². The van der Waals surface area contributed by atoms with E-state index in [0.29, 0.717) is 27.9 Å². The molecule has 162 valence electrons. The monoisotopic (exact) mass is 453 g/mol. The molecule has 3 aromatic carbocycles. The molecule has 7 heteroatoms. The van der Waals surface area contributed by atoms with Crippen molar-refractivity contribution >= 4 is 34.5 Å². The van der Waals surface area contributed by atoms with E-state index in [1.165, 1.54) is 0 Å². The second-order valence-electron chi connectivity index (χ2n) is 8.23. The zero-order valence-electron chi connectivity index (χ0n) is 16.8. The number of aliphatic hydroxyl groups excluding tert-OH is 2. The van der Waals surface area contributed by atoms with Crippen LogP contribution in [0.3, 0.4) is 0 Å². The highest BCUT2D eigenvalue weighted by molar-refractivity contribution is 6.38. The topological polar surface area (TPSA) is 69.6 Å². The van der Waals surface area contributed by atoms with Crippen molar-refractivity contribution in [3.63, 3.8) is 0 Å². The predicted molar refractivity (Wildman–Crippen MR) is 119 cm³/mol. The zero-order chi connectivity index (χ0) is 22.6. The summed E-state index contributed by atoms with van der Waals surface area (Å²) in [6, 6.07) is 13.6. The molecule has 5 rings (SSSR count). The largest absolute Gasteiger partial charge is 0.506 e. The number of nitrogens with one attached hydrogen (secondary N) is 1. The van der Waals surface area contributed by atoms with Gasteiger partial charge in [0, 0.05) is 28.2 Å². The third-order valence-corrected chi connectivity index (χ3v) is 6.50. The van der Waals surface area contributed by atoms with Gasteiger partial charge in [0.05, 0.1) is 22.9 Å². The van der Waals surface area contributed by atoms with Crippen molar-refractivity contribution in [2.75, 3.05) is 11.9 Å². The first kappa shape index (κ1) is 20.7. The molecule has 1 aliphatic heterocycles. The number of fused-ring (bicyclic) bond motifs is 1. The summed E-state index contributed by atoms with van der Waals surface area (Å²) in [5.74, 6) is -2.84. The SMILES string of the molecule is O=C1Nc2cc(Cl)c(-c3ccc(C4(CO)CC4)cc3)cc2/C1=C(/O)c1cc(F)cc(F)c1. The number of amides is 1. The van der Waals surface area contributed by atoms with E-state index >= 15 is 0 Å². The molecule has 0 spiro atoms. The van der Waals surface area contributed by atoms with Gasteiger partial charge in [0.2, 0.25) is 0 Å². The summed E-state index contributed by atoms with van der Waals surface area (Å²) in [6.45, 7) is 0.105. The van der Waals surface area contributed by atoms with E-state index in [-0.39, 0.29) is 23.2 Å². The Morgan fingerprint density at radius 1 is 1.00 bits per heavy atom. The number of hydrogen-bond acceptors (Lipinski definition) is 3. The highest BCUT2D eigenvalue weighted by Crippen LogP contribution is 2.48. The molecule has 0 bridgehead atoms. The van der Waals surface area contributed by atoms with E-state index in [1.54, 1.807) is 12.1 Å². The van der Waals surface area contributed by atoms with Crippen molar-refractivity contribution in [2.45, 2.75) is 18.3 Å². The second-order valence-corrected chi connectivity index (χ2v) is 8.64. The van der Waals surface area contributed by atoms with Crippen LogP contribution in [0.15, 0.2) is 54.6 Å². The van der Waals surface area contributed by atoms with Gasteiger partial charge in [-0.1, -0.05) is 35.9 Å². The molecule has 32 heavy (non-hydrogen) atoms. The molecule has 0 atom stereocenters. The summed E-state index contributed by atoms with van der Waals surface area (Å²) >= 11 is 6.48. The Labute approximate surface area is 187 Å². The standard InChI is InChI=1S/C25H18ClF2NO3/c26-20-11-21-19(10-18(20)13-1-3-15(4-2-13)25(12-30)5-6-25)22(24(32)29-21)23(31)14-7-16(27)9-17(28)8-14/h1-4,7-11,30-31H,5-6,12H2,(H,29,32)/b23-22-. The van der Waals surface area contributed by atoms with Crippen molar-refractivity contribution in [1.29, 1.82) is 0 Å².